The summed E-state index contributed by atoms with van der Waals surface area (Å²) in [6.07, 6.45) is 2.98. The zero-order chi connectivity index (χ0) is 19.9. The lowest BCUT2D eigenvalue weighted by atomic mass is 10.2. The van der Waals surface area contributed by atoms with Gasteiger partial charge in [-0.1, -0.05) is 52.3 Å². The molecular weight excluding hydrogens is 422 g/mol. The molecule has 1 N–H and O–H groups in total. The molecule has 1 heterocycles. The number of aromatic nitrogens is 1. The van der Waals surface area contributed by atoms with Gasteiger partial charge in [0.1, 0.15) is 5.69 Å². The molecule has 0 atom stereocenters. The molecule has 140 valence electrons. The van der Waals surface area contributed by atoms with Crippen LogP contribution in [0.2, 0.25) is 0 Å². The summed E-state index contributed by atoms with van der Waals surface area (Å²) in [5.41, 5.74) is 4.38. The van der Waals surface area contributed by atoms with E-state index in [1.165, 1.54) is 13.0 Å². The molecule has 0 aliphatic heterocycles. The molecule has 0 saturated heterocycles. The van der Waals surface area contributed by atoms with Gasteiger partial charge >= 0.3 is 5.97 Å². The second kappa shape index (κ2) is 9.05. The molecule has 0 fully saturated rings. The molecule has 0 radical (unpaired) electrons. The van der Waals surface area contributed by atoms with Gasteiger partial charge in [0.05, 0.1) is 5.52 Å². The summed E-state index contributed by atoms with van der Waals surface area (Å²) in [7, 11) is 0. The number of nitrogens with zero attached hydrogens (tertiary/aromatic N) is 2. The van der Waals surface area contributed by atoms with Crippen LogP contribution in [-0.4, -0.2) is 22.7 Å². The fourth-order valence-corrected chi connectivity index (χ4v) is 2.60. The van der Waals surface area contributed by atoms with Crippen molar-refractivity contribution in [1.82, 2.24) is 10.5 Å². The number of nitrogens with one attached hydrogen (secondary N) is 1. The van der Waals surface area contributed by atoms with Crippen molar-refractivity contribution in [3.63, 3.8) is 0 Å². The van der Waals surface area contributed by atoms with Crippen LogP contribution >= 0.6 is 15.9 Å². The second-order valence-electron chi connectivity index (χ2n) is 5.77. The maximum atomic E-state index is 12.3. The van der Waals surface area contributed by atoms with Gasteiger partial charge in [0.15, 0.2) is 5.84 Å². The molecule has 0 aliphatic carbocycles. The summed E-state index contributed by atoms with van der Waals surface area (Å²) in [5.74, 6) is -1.04. The average molecular weight is 438 g/mol. The minimum atomic E-state index is -0.564. The number of amides is 1. The van der Waals surface area contributed by atoms with E-state index in [0.717, 1.165) is 20.9 Å². The fourth-order valence-electron chi connectivity index (χ4n) is 2.34. The van der Waals surface area contributed by atoms with Crippen LogP contribution in [0.1, 0.15) is 18.2 Å². The predicted molar refractivity (Wildman–Crippen MR) is 111 cm³/mol. The number of halogens is 1. The third-order valence-corrected chi connectivity index (χ3v) is 4.17. The highest BCUT2D eigenvalue weighted by molar-refractivity contribution is 9.10. The maximum absolute atomic E-state index is 12.3. The first-order valence-electron chi connectivity index (χ1n) is 8.37. The van der Waals surface area contributed by atoms with Crippen molar-refractivity contribution < 1.29 is 14.4 Å². The third-order valence-electron chi connectivity index (χ3n) is 3.64. The maximum Gasteiger partial charge on any atom is 0.329 e. The number of hydroxylamine groups is 1. The lowest BCUT2D eigenvalue weighted by Gasteiger charge is -2.08. The van der Waals surface area contributed by atoms with Gasteiger partial charge in [-0.2, -0.15) is 10.5 Å². The molecule has 0 spiro atoms. The van der Waals surface area contributed by atoms with E-state index in [2.05, 4.69) is 31.4 Å². The van der Waals surface area contributed by atoms with Crippen LogP contribution in [-0.2, 0) is 14.4 Å². The number of aliphatic imine (C=N–C) groups is 1. The molecule has 0 unspecified atom stereocenters. The molecule has 6 nitrogen and oxygen atoms in total. The van der Waals surface area contributed by atoms with Crippen LogP contribution in [0.4, 0.5) is 0 Å². The first-order chi connectivity index (χ1) is 13.5. The standard InChI is InChI=1S/C21H16BrN3O3/c1-14(26)28-25-21(19-12-9-16-4-2-3-5-18(16)23-19)24-20(27)13-8-15-6-10-17(22)11-7-15/h2-13H,1H3,(H,24,25,27). The van der Waals surface area contributed by atoms with Crippen molar-refractivity contribution in [2.75, 3.05) is 0 Å². The summed E-state index contributed by atoms with van der Waals surface area (Å²) in [6.45, 7) is 1.24. The molecule has 28 heavy (non-hydrogen) atoms. The number of pyridine rings is 1. The number of fused-ring (bicyclic) bond motifs is 1. The Labute approximate surface area is 170 Å². The van der Waals surface area contributed by atoms with Crippen LogP contribution in [0.5, 0.6) is 0 Å². The average Bonchev–Trinajstić information content (AvgIpc) is 2.70. The molecular formula is C21H16BrN3O3. The number of benzene rings is 2. The quantitative estimate of drug-likeness (QED) is 0.289. The number of hydrogen-bond donors (Lipinski definition) is 1. The van der Waals surface area contributed by atoms with Gasteiger partial charge in [0.2, 0.25) is 0 Å². The molecule has 1 amide bonds. The SMILES string of the molecule is CC(=O)ON/C(=N/C(=O)C=Cc1ccc(Br)cc1)c1ccc2ccccc2n1. The highest BCUT2D eigenvalue weighted by Gasteiger charge is 2.10. The normalized spacial score (nSPS) is 11.6. The summed E-state index contributed by atoms with van der Waals surface area (Å²) in [5, 5.41) is 0.944. The van der Waals surface area contributed by atoms with E-state index in [9.17, 15) is 9.59 Å². The van der Waals surface area contributed by atoms with Crippen LogP contribution in [0, 0.1) is 0 Å². The molecule has 0 bridgehead atoms. The minimum absolute atomic E-state index is 0.0476. The lowest BCUT2D eigenvalue weighted by Crippen LogP contribution is -2.28. The van der Waals surface area contributed by atoms with Gasteiger partial charge in [-0.25, -0.2) is 4.98 Å². The number of carbonyl (C=O) groups excluding carboxylic acids is 2. The van der Waals surface area contributed by atoms with Crippen LogP contribution in [0.3, 0.4) is 0 Å². The summed E-state index contributed by atoms with van der Waals surface area (Å²) >= 11 is 3.36. The van der Waals surface area contributed by atoms with Crippen molar-refractivity contribution in [3.05, 3.63) is 82.5 Å². The Balaban J connectivity index is 1.87. The highest BCUT2D eigenvalue weighted by Crippen LogP contribution is 2.13. The minimum Gasteiger partial charge on any atom is -0.342 e. The van der Waals surface area contributed by atoms with Gasteiger partial charge in [-0.15, -0.1) is 0 Å². The Hall–Kier alpha value is -3.32. The Morgan fingerprint density at radius 1 is 1.07 bits per heavy atom. The van der Waals surface area contributed by atoms with Gasteiger partial charge < -0.3 is 4.84 Å². The van der Waals surface area contributed by atoms with E-state index in [4.69, 9.17) is 4.84 Å². The molecule has 3 rings (SSSR count). The van der Waals surface area contributed by atoms with E-state index in [0.29, 0.717) is 5.69 Å². The zero-order valence-corrected chi connectivity index (χ0v) is 16.5. The van der Waals surface area contributed by atoms with Gasteiger partial charge in [-0.05, 0) is 35.9 Å². The van der Waals surface area contributed by atoms with E-state index in [-0.39, 0.29) is 5.84 Å². The topological polar surface area (TPSA) is 80.6 Å². The predicted octanol–water partition coefficient (Wildman–Crippen LogP) is 4.05. The summed E-state index contributed by atoms with van der Waals surface area (Å²) in [6, 6.07) is 18.6. The number of amidine groups is 1. The van der Waals surface area contributed by atoms with Crippen molar-refractivity contribution in [2.24, 2.45) is 4.99 Å². The van der Waals surface area contributed by atoms with E-state index in [1.807, 2.05) is 54.6 Å². The van der Waals surface area contributed by atoms with Gasteiger partial charge in [0.25, 0.3) is 5.91 Å². The molecule has 3 aromatic rings. The van der Waals surface area contributed by atoms with Crippen LogP contribution in [0.25, 0.3) is 17.0 Å². The molecule has 2 aromatic carbocycles. The third kappa shape index (κ3) is 5.34. The monoisotopic (exact) mass is 437 g/mol. The number of carbonyl (C=O) groups is 2. The van der Waals surface area contributed by atoms with E-state index in [1.54, 1.807) is 12.1 Å². The summed E-state index contributed by atoms with van der Waals surface area (Å²) < 4.78 is 0.948. The summed E-state index contributed by atoms with van der Waals surface area (Å²) in [4.78, 5) is 36.7. The zero-order valence-electron chi connectivity index (χ0n) is 14.9. The first-order valence-corrected chi connectivity index (χ1v) is 9.16. The Kier molecular flexibility index (Phi) is 6.29. The number of para-hydroxylation sites is 1. The smallest absolute Gasteiger partial charge is 0.329 e. The van der Waals surface area contributed by atoms with E-state index < -0.39 is 11.9 Å². The van der Waals surface area contributed by atoms with Crippen molar-refractivity contribution in [2.45, 2.75) is 6.92 Å². The Bertz CT molecular complexity index is 1080. The van der Waals surface area contributed by atoms with Gasteiger partial charge in [-0.3, -0.25) is 9.59 Å². The van der Waals surface area contributed by atoms with Crippen molar-refractivity contribution in [1.29, 1.82) is 0 Å². The largest absolute Gasteiger partial charge is 0.342 e. The van der Waals surface area contributed by atoms with Crippen LogP contribution < -0.4 is 5.48 Å². The molecule has 0 aliphatic rings. The van der Waals surface area contributed by atoms with Crippen LogP contribution in [0.15, 0.2) is 76.2 Å². The molecule has 1 aromatic heterocycles. The molecule has 0 saturated carbocycles. The number of rotatable bonds is 3. The van der Waals surface area contributed by atoms with Crippen molar-refractivity contribution in [3.8, 4) is 0 Å². The lowest BCUT2D eigenvalue weighted by molar-refractivity contribution is -0.145. The Morgan fingerprint density at radius 2 is 1.82 bits per heavy atom. The second-order valence-corrected chi connectivity index (χ2v) is 6.68. The molecule has 7 heteroatoms. The van der Waals surface area contributed by atoms with Crippen molar-refractivity contribution >= 4 is 50.6 Å². The first kappa shape index (κ1) is 19.4. The van der Waals surface area contributed by atoms with E-state index >= 15 is 0 Å². The Morgan fingerprint density at radius 3 is 2.57 bits per heavy atom. The fraction of sp³-hybridized carbons (Fsp3) is 0.0476. The number of hydrogen-bond acceptors (Lipinski definition) is 4. The van der Waals surface area contributed by atoms with Gasteiger partial charge in [0, 0.05) is 22.9 Å². The highest BCUT2D eigenvalue weighted by atomic mass is 79.9.